The molecule has 0 saturated carbocycles. The van der Waals surface area contributed by atoms with Crippen molar-refractivity contribution in [2.75, 3.05) is 50.2 Å². The van der Waals surface area contributed by atoms with Crippen molar-refractivity contribution in [1.29, 1.82) is 0 Å². The molecule has 7 nitrogen and oxygen atoms in total. The summed E-state index contributed by atoms with van der Waals surface area (Å²) in [6, 6.07) is 0.328. The molecule has 1 fully saturated rings. The molecule has 146 valence electrons. The molecule has 4 heterocycles. The number of rotatable bonds is 8. The van der Waals surface area contributed by atoms with Gasteiger partial charge in [-0.3, -0.25) is 0 Å². The minimum Gasteiger partial charge on any atom is -0.377 e. The van der Waals surface area contributed by atoms with E-state index >= 15 is 0 Å². The SMILES string of the molecule is C=[S@@](C)CCOCn1cc(C2=CCNCC2)c2nc(NC3COC3)cnc21. The topological polar surface area (TPSA) is 73.2 Å². The van der Waals surface area contributed by atoms with Gasteiger partial charge in [-0.15, -0.1) is 0 Å². The monoisotopic (exact) mass is 389 g/mol. The number of fused-ring (bicyclic) bond motifs is 1. The number of hydrogen-bond acceptors (Lipinski definition) is 6. The molecule has 1 saturated heterocycles. The van der Waals surface area contributed by atoms with Crippen LogP contribution in [0.15, 0.2) is 18.5 Å². The average molecular weight is 390 g/mol. The zero-order valence-electron chi connectivity index (χ0n) is 15.7. The molecule has 2 N–H and O–H groups in total. The third kappa shape index (κ3) is 4.40. The fourth-order valence-corrected chi connectivity index (χ4v) is 3.62. The molecule has 1 atom stereocenters. The summed E-state index contributed by atoms with van der Waals surface area (Å²) >= 11 is 0. The number of hydrogen-bond donors (Lipinski definition) is 2. The molecular formula is C19H27N5O2S. The van der Waals surface area contributed by atoms with Gasteiger partial charge in [0, 0.05) is 24.1 Å². The molecule has 2 aromatic heterocycles. The Bertz CT molecular complexity index is 859. The summed E-state index contributed by atoms with van der Waals surface area (Å²) in [4.78, 5) is 9.56. The Morgan fingerprint density at radius 1 is 1.48 bits per heavy atom. The summed E-state index contributed by atoms with van der Waals surface area (Å²) in [6.45, 7) is 4.53. The molecule has 0 aromatic carbocycles. The van der Waals surface area contributed by atoms with Crippen LogP contribution in [0, 0.1) is 0 Å². The van der Waals surface area contributed by atoms with Crippen molar-refractivity contribution in [2.24, 2.45) is 0 Å². The smallest absolute Gasteiger partial charge is 0.161 e. The lowest BCUT2D eigenvalue weighted by Gasteiger charge is -2.27. The van der Waals surface area contributed by atoms with E-state index in [1.807, 2.05) is 0 Å². The molecule has 0 radical (unpaired) electrons. The second-order valence-corrected chi connectivity index (χ2v) is 9.00. The van der Waals surface area contributed by atoms with E-state index in [1.165, 1.54) is 5.57 Å². The molecule has 2 aliphatic heterocycles. The average Bonchev–Trinajstić information content (AvgIpc) is 3.00. The van der Waals surface area contributed by atoms with Crippen molar-refractivity contribution in [3.63, 3.8) is 0 Å². The fourth-order valence-electron chi connectivity index (χ4n) is 3.21. The molecule has 0 unspecified atom stereocenters. The lowest BCUT2D eigenvalue weighted by Crippen LogP contribution is -2.40. The molecule has 27 heavy (non-hydrogen) atoms. The van der Waals surface area contributed by atoms with Crippen LogP contribution in [0.4, 0.5) is 5.82 Å². The molecule has 0 spiro atoms. The first kappa shape index (κ1) is 18.6. The van der Waals surface area contributed by atoms with Crippen molar-refractivity contribution in [1.82, 2.24) is 19.9 Å². The minimum atomic E-state index is 0.150. The van der Waals surface area contributed by atoms with Gasteiger partial charge in [0.2, 0.25) is 0 Å². The van der Waals surface area contributed by atoms with Gasteiger partial charge < -0.3 is 24.7 Å². The van der Waals surface area contributed by atoms with Crippen LogP contribution in [-0.2, 0) is 16.2 Å². The Morgan fingerprint density at radius 3 is 3.07 bits per heavy atom. The number of nitrogens with one attached hydrogen (secondary N) is 2. The predicted octanol–water partition coefficient (Wildman–Crippen LogP) is 1.92. The van der Waals surface area contributed by atoms with Gasteiger partial charge in [0.15, 0.2) is 5.65 Å². The van der Waals surface area contributed by atoms with Crippen LogP contribution in [0.1, 0.15) is 12.0 Å². The second-order valence-electron chi connectivity index (χ2n) is 7.03. The quantitative estimate of drug-likeness (QED) is 0.531. The largest absolute Gasteiger partial charge is 0.377 e. The van der Waals surface area contributed by atoms with E-state index in [1.54, 1.807) is 6.20 Å². The molecule has 0 aliphatic carbocycles. The second kappa shape index (κ2) is 8.52. The lowest BCUT2D eigenvalue weighted by molar-refractivity contribution is 0.0209. The van der Waals surface area contributed by atoms with E-state index in [9.17, 15) is 0 Å². The van der Waals surface area contributed by atoms with Crippen molar-refractivity contribution in [3.05, 3.63) is 24.0 Å². The van der Waals surface area contributed by atoms with Gasteiger partial charge in [0.25, 0.3) is 0 Å². The highest BCUT2D eigenvalue weighted by molar-refractivity contribution is 8.13. The minimum absolute atomic E-state index is 0.150. The maximum Gasteiger partial charge on any atom is 0.161 e. The van der Waals surface area contributed by atoms with E-state index in [0.717, 1.165) is 61.0 Å². The summed E-state index contributed by atoms with van der Waals surface area (Å²) in [5, 5.41) is 6.77. The molecule has 2 aromatic rings. The summed E-state index contributed by atoms with van der Waals surface area (Å²) < 4.78 is 13.2. The maximum absolute atomic E-state index is 5.86. The lowest BCUT2D eigenvalue weighted by atomic mass is 10.0. The summed E-state index contributed by atoms with van der Waals surface area (Å²) in [5.41, 5.74) is 4.28. The zero-order valence-corrected chi connectivity index (χ0v) is 16.6. The van der Waals surface area contributed by atoms with Gasteiger partial charge in [-0.05, 0) is 24.8 Å². The van der Waals surface area contributed by atoms with Gasteiger partial charge in [0.1, 0.15) is 18.1 Å². The van der Waals surface area contributed by atoms with Gasteiger partial charge in [-0.1, -0.05) is 11.9 Å². The van der Waals surface area contributed by atoms with Crippen molar-refractivity contribution < 1.29 is 9.47 Å². The first-order valence-electron chi connectivity index (χ1n) is 9.31. The highest BCUT2D eigenvalue weighted by Crippen LogP contribution is 2.29. The zero-order chi connectivity index (χ0) is 18.6. The normalized spacial score (nSPS) is 18.9. The molecule has 4 rings (SSSR count). The summed E-state index contributed by atoms with van der Waals surface area (Å²) in [5.74, 6) is 5.81. The molecular weight excluding hydrogens is 362 g/mol. The van der Waals surface area contributed by atoms with Gasteiger partial charge in [-0.25, -0.2) is 9.97 Å². The molecule has 2 aliphatic rings. The van der Waals surface area contributed by atoms with Gasteiger partial charge >= 0.3 is 0 Å². The van der Waals surface area contributed by atoms with Crippen molar-refractivity contribution >= 4 is 38.9 Å². The maximum atomic E-state index is 5.86. The third-order valence-electron chi connectivity index (χ3n) is 4.77. The van der Waals surface area contributed by atoms with Crippen LogP contribution in [0.25, 0.3) is 16.7 Å². The highest BCUT2D eigenvalue weighted by atomic mass is 32.2. The Labute approximate surface area is 162 Å². The van der Waals surface area contributed by atoms with Gasteiger partial charge in [0.05, 0.1) is 32.1 Å². The standard InChI is InChI=1S/C19H27N5O2S/c1-27(2)8-7-25-13-24-10-16(14-3-5-20-6-4-14)18-19(24)21-9-17(23-18)22-15-11-26-12-15/h3,9-10,15,20H,1,4-8,11-13H2,2H3,(H,22,23)/t27-/m0/s1. The summed E-state index contributed by atoms with van der Waals surface area (Å²) in [7, 11) is 0.150. The predicted molar refractivity (Wildman–Crippen MR) is 113 cm³/mol. The first-order valence-corrected chi connectivity index (χ1v) is 11.3. The third-order valence-corrected chi connectivity index (χ3v) is 5.64. The molecule has 0 amide bonds. The summed E-state index contributed by atoms with van der Waals surface area (Å²) in [6.07, 6.45) is 9.31. The van der Waals surface area contributed by atoms with E-state index in [4.69, 9.17) is 14.5 Å². The van der Waals surface area contributed by atoms with Crippen LogP contribution in [-0.4, -0.2) is 71.4 Å². The Morgan fingerprint density at radius 2 is 2.37 bits per heavy atom. The number of anilines is 1. The Balaban J connectivity index is 1.61. The van der Waals surface area contributed by atoms with Crippen LogP contribution in [0.2, 0.25) is 0 Å². The van der Waals surface area contributed by atoms with Crippen LogP contribution in [0.5, 0.6) is 0 Å². The first-order chi connectivity index (χ1) is 13.2. The number of nitrogens with zero attached hydrogens (tertiary/aromatic N) is 3. The number of aromatic nitrogens is 3. The van der Waals surface area contributed by atoms with E-state index < -0.39 is 0 Å². The van der Waals surface area contributed by atoms with Crippen LogP contribution >= 0.6 is 10.5 Å². The highest BCUT2D eigenvalue weighted by Gasteiger charge is 2.20. The van der Waals surface area contributed by atoms with Crippen molar-refractivity contribution in [3.8, 4) is 0 Å². The number of ether oxygens (including phenoxy) is 2. The molecule has 8 heteroatoms. The van der Waals surface area contributed by atoms with E-state index in [-0.39, 0.29) is 10.5 Å². The van der Waals surface area contributed by atoms with Gasteiger partial charge in [-0.2, -0.15) is 10.5 Å². The van der Waals surface area contributed by atoms with E-state index in [0.29, 0.717) is 19.4 Å². The van der Waals surface area contributed by atoms with Crippen molar-refractivity contribution in [2.45, 2.75) is 19.2 Å². The van der Waals surface area contributed by atoms with E-state index in [2.05, 4.69) is 44.6 Å². The molecule has 0 bridgehead atoms. The Hall–Kier alpha value is -1.74. The Kier molecular flexibility index (Phi) is 5.87. The van der Waals surface area contributed by atoms with Crippen LogP contribution in [0.3, 0.4) is 0 Å². The fraction of sp³-hybridized carbons (Fsp3) is 0.526. The van der Waals surface area contributed by atoms with Crippen LogP contribution < -0.4 is 10.6 Å².